The van der Waals surface area contributed by atoms with E-state index in [-0.39, 0.29) is 6.85 Å². The van der Waals surface area contributed by atoms with Crippen LogP contribution in [-0.2, 0) is 0 Å². The molecule has 0 aliphatic carbocycles. The molecule has 202 valence electrons. The standard InChI is InChI=1S/C40H23BN2O/c1-2-12-24(13-3-1)43-33-20-10-7-18-29(33)37-26-15-4-5-16-27(26)38-28-17-6-9-19-32(28)42-34-22-30-25-14-8-11-21-35(25)44-36(30)23-31(34)41(43)39(37)40(38)42/h1-23H. The zero-order valence-electron chi connectivity index (χ0n) is 23.7. The highest BCUT2D eigenvalue weighted by Crippen LogP contribution is 2.48. The minimum atomic E-state index is -0.0427. The molecule has 11 rings (SSSR count). The fourth-order valence-corrected chi connectivity index (χ4v) is 8.28. The highest BCUT2D eigenvalue weighted by atomic mass is 16.3. The number of fused-ring (bicyclic) bond motifs is 14. The average molecular weight is 558 g/mol. The summed E-state index contributed by atoms with van der Waals surface area (Å²) in [6, 6.07) is 50.8. The average Bonchev–Trinajstić information content (AvgIpc) is 3.63. The summed E-state index contributed by atoms with van der Waals surface area (Å²) in [6.07, 6.45) is 0. The fourth-order valence-electron chi connectivity index (χ4n) is 8.28. The third kappa shape index (κ3) is 2.66. The van der Waals surface area contributed by atoms with Gasteiger partial charge in [-0.2, -0.15) is 0 Å². The first kappa shape index (κ1) is 22.8. The van der Waals surface area contributed by atoms with Crippen LogP contribution in [0, 0.1) is 0 Å². The van der Waals surface area contributed by atoms with Gasteiger partial charge >= 0.3 is 6.85 Å². The van der Waals surface area contributed by atoms with Crippen LogP contribution in [0.3, 0.4) is 0 Å². The van der Waals surface area contributed by atoms with Crippen molar-refractivity contribution in [2.24, 2.45) is 0 Å². The summed E-state index contributed by atoms with van der Waals surface area (Å²) in [6.45, 7) is -0.0427. The van der Waals surface area contributed by atoms with E-state index in [0.717, 1.165) is 21.9 Å². The fraction of sp³-hybridized carbons (Fsp3) is 0. The second-order valence-electron chi connectivity index (χ2n) is 12.0. The predicted octanol–water partition coefficient (Wildman–Crippen LogP) is 9.07. The SMILES string of the molecule is c1ccc(N2B3c4cc5oc6ccccc6c5cc4-n4c5ccccc5c5c6ccccc6c(c3c54)-c3ccccc32)cc1. The summed E-state index contributed by atoms with van der Waals surface area (Å²) in [5.41, 5.74) is 13.2. The number of furan rings is 1. The summed E-state index contributed by atoms with van der Waals surface area (Å²) in [5, 5.41) is 7.52. The van der Waals surface area contributed by atoms with Gasteiger partial charge in [-0.05, 0) is 69.7 Å². The van der Waals surface area contributed by atoms with Crippen molar-refractivity contribution >= 4 is 83.7 Å². The molecule has 2 aliphatic heterocycles. The van der Waals surface area contributed by atoms with Crippen molar-refractivity contribution in [2.75, 3.05) is 4.81 Å². The molecular formula is C40H23BN2O. The van der Waals surface area contributed by atoms with Crippen LogP contribution in [0.5, 0.6) is 0 Å². The van der Waals surface area contributed by atoms with Gasteiger partial charge in [0.2, 0.25) is 0 Å². The van der Waals surface area contributed by atoms with E-state index >= 15 is 0 Å². The number of hydrogen-bond acceptors (Lipinski definition) is 2. The van der Waals surface area contributed by atoms with Crippen LogP contribution >= 0.6 is 0 Å². The van der Waals surface area contributed by atoms with Gasteiger partial charge in [0.15, 0.2) is 0 Å². The molecule has 2 aromatic heterocycles. The maximum Gasteiger partial charge on any atom is 0.333 e. The summed E-state index contributed by atoms with van der Waals surface area (Å²) in [4.78, 5) is 2.56. The lowest BCUT2D eigenvalue weighted by Crippen LogP contribution is -2.60. The topological polar surface area (TPSA) is 21.3 Å². The lowest BCUT2D eigenvalue weighted by atomic mass is 9.43. The smallest absolute Gasteiger partial charge is 0.333 e. The van der Waals surface area contributed by atoms with Gasteiger partial charge in [-0.25, -0.2) is 0 Å². The van der Waals surface area contributed by atoms with Gasteiger partial charge in [0.25, 0.3) is 0 Å². The first-order chi connectivity index (χ1) is 21.9. The van der Waals surface area contributed by atoms with E-state index in [2.05, 4.69) is 149 Å². The zero-order valence-corrected chi connectivity index (χ0v) is 23.7. The van der Waals surface area contributed by atoms with Gasteiger partial charge < -0.3 is 13.8 Å². The van der Waals surface area contributed by atoms with Crippen LogP contribution in [0.2, 0.25) is 0 Å². The first-order valence-electron chi connectivity index (χ1n) is 15.2. The number of para-hydroxylation sites is 4. The summed E-state index contributed by atoms with van der Waals surface area (Å²) in [7, 11) is 0. The van der Waals surface area contributed by atoms with Crippen molar-refractivity contribution in [3.8, 4) is 16.8 Å². The predicted molar refractivity (Wildman–Crippen MR) is 185 cm³/mol. The Morgan fingerprint density at radius 2 is 1.23 bits per heavy atom. The maximum absolute atomic E-state index is 6.54. The van der Waals surface area contributed by atoms with Crippen LogP contribution in [-0.4, -0.2) is 11.4 Å². The van der Waals surface area contributed by atoms with E-state index in [4.69, 9.17) is 4.42 Å². The molecule has 0 radical (unpaired) electrons. The molecule has 4 heterocycles. The highest BCUT2D eigenvalue weighted by Gasteiger charge is 2.45. The van der Waals surface area contributed by atoms with E-state index in [1.54, 1.807) is 0 Å². The lowest BCUT2D eigenvalue weighted by Gasteiger charge is -2.42. The van der Waals surface area contributed by atoms with Crippen molar-refractivity contribution in [1.82, 2.24) is 4.57 Å². The lowest BCUT2D eigenvalue weighted by molar-refractivity contribution is 0.669. The zero-order chi connectivity index (χ0) is 28.5. The molecule has 0 unspecified atom stereocenters. The van der Waals surface area contributed by atoms with Crippen molar-refractivity contribution < 1.29 is 4.42 Å². The molecule has 0 amide bonds. The minimum absolute atomic E-state index is 0.0427. The van der Waals surface area contributed by atoms with E-state index in [1.165, 1.54) is 71.7 Å². The molecule has 0 spiro atoms. The van der Waals surface area contributed by atoms with E-state index < -0.39 is 0 Å². The Bertz CT molecular complexity index is 2680. The van der Waals surface area contributed by atoms with Gasteiger partial charge in [0, 0.05) is 44.2 Å². The van der Waals surface area contributed by atoms with Gasteiger partial charge in [-0.1, -0.05) is 97.1 Å². The molecule has 2 aliphatic rings. The Hall–Kier alpha value is -5.74. The second kappa shape index (κ2) is 8.00. The molecule has 0 saturated carbocycles. The van der Waals surface area contributed by atoms with Crippen molar-refractivity contribution in [3.63, 3.8) is 0 Å². The summed E-state index contributed by atoms with van der Waals surface area (Å²) < 4.78 is 9.08. The molecule has 0 N–H and O–H groups in total. The van der Waals surface area contributed by atoms with Crippen LogP contribution in [0.15, 0.2) is 144 Å². The second-order valence-corrected chi connectivity index (χ2v) is 12.0. The normalized spacial score (nSPS) is 13.4. The number of anilines is 2. The van der Waals surface area contributed by atoms with Gasteiger partial charge in [-0.3, -0.25) is 0 Å². The third-order valence-corrected chi connectivity index (χ3v) is 9.93. The van der Waals surface area contributed by atoms with Crippen LogP contribution < -0.4 is 15.7 Å². The molecule has 0 bridgehead atoms. The van der Waals surface area contributed by atoms with Crippen molar-refractivity contribution in [2.45, 2.75) is 0 Å². The number of nitrogens with zero attached hydrogens (tertiary/aromatic N) is 2. The van der Waals surface area contributed by atoms with Gasteiger partial charge in [0.1, 0.15) is 11.2 Å². The quantitative estimate of drug-likeness (QED) is 0.188. The van der Waals surface area contributed by atoms with Gasteiger partial charge in [-0.15, -0.1) is 0 Å². The minimum Gasteiger partial charge on any atom is -0.456 e. The Kier molecular flexibility index (Phi) is 4.15. The molecule has 0 fully saturated rings. The van der Waals surface area contributed by atoms with Crippen LogP contribution in [0.1, 0.15) is 0 Å². The Morgan fingerprint density at radius 3 is 2.11 bits per heavy atom. The first-order valence-corrected chi connectivity index (χ1v) is 15.2. The maximum atomic E-state index is 6.54. The monoisotopic (exact) mass is 558 g/mol. The van der Waals surface area contributed by atoms with Crippen molar-refractivity contribution in [3.05, 3.63) is 140 Å². The highest BCUT2D eigenvalue weighted by molar-refractivity contribution is 6.94. The molecule has 44 heavy (non-hydrogen) atoms. The molecular weight excluding hydrogens is 535 g/mol. The molecule has 0 atom stereocenters. The van der Waals surface area contributed by atoms with Crippen LogP contribution in [0.25, 0.3) is 71.3 Å². The molecule has 4 heteroatoms. The number of hydrogen-bond donors (Lipinski definition) is 0. The van der Waals surface area contributed by atoms with E-state index in [1.807, 2.05) is 0 Å². The number of rotatable bonds is 1. The summed E-state index contributed by atoms with van der Waals surface area (Å²) in [5.74, 6) is 0. The summed E-state index contributed by atoms with van der Waals surface area (Å²) >= 11 is 0. The number of aromatic nitrogens is 1. The molecule has 3 nitrogen and oxygen atoms in total. The van der Waals surface area contributed by atoms with Gasteiger partial charge in [0.05, 0.1) is 11.0 Å². The van der Waals surface area contributed by atoms with E-state index in [0.29, 0.717) is 0 Å². The van der Waals surface area contributed by atoms with Crippen LogP contribution in [0.4, 0.5) is 11.4 Å². The Morgan fingerprint density at radius 1 is 0.523 bits per heavy atom. The largest absolute Gasteiger partial charge is 0.456 e. The molecule has 0 saturated heterocycles. The Labute approximate surface area is 253 Å². The molecule has 7 aromatic carbocycles. The number of benzene rings is 7. The Balaban J connectivity index is 1.43. The van der Waals surface area contributed by atoms with Crippen molar-refractivity contribution in [1.29, 1.82) is 0 Å². The van der Waals surface area contributed by atoms with E-state index in [9.17, 15) is 0 Å². The molecule has 9 aromatic rings. The third-order valence-electron chi connectivity index (χ3n) is 9.93.